The summed E-state index contributed by atoms with van der Waals surface area (Å²) in [5.74, 6) is 4.62. The molecular weight excluding hydrogens is 314 g/mol. The third kappa shape index (κ3) is 5.11. The average Bonchev–Trinajstić information content (AvgIpc) is 2.72. The molecular formula is C25H41N. The van der Waals surface area contributed by atoms with Crippen molar-refractivity contribution in [1.29, 1.82) is 0 Å². The topological polar surface area (TPSA) is 12.9 Å². The van der Waals surface area contributed by atoms with Crippen LogP contribution in [0.1, 0.15) is 109 Å². The molecule has 1 nitrogen and oxygen atoms in total. The highest BCUT2D eigenvalue weighted by atomic mass is 14.7. The lowest BCUT2D eigenvalue weighted by Crippen LogP contribution is -2.27. The van der Waals surface area contributed by atoms with E-state index in [4.69, 9.17) is 4.98 Å². The molecule has 2 aliphatic carbocycles. The Balaban J connectivity index is 1.44. The van der Waals surface area contributed by atoms with Gasteiger partial charge >= 0.3 is 0 Å². The quantitative estimate of drug-likeness (QED) is 0.492. The monoisotopic (exact) mass is 355 g/mol. The molecule has 0 spiro atoms. The average molecular weight is 356 g/mol. The number of hydrogen-bond donors (Lipinski definition) is 0. The van der Waals surface area contributed by atoms with E-state index in [2.05, 4.69) is 39.1 Å². The van der Waals surface area contributed by atoms with Crippen molar-refractivity contribution < 1.29 is 0 Å². The van der Waals surface area contributed by atoms with Crippen molar-refractivity contribution in [2.45, 2.75) is 104 Å². The number of hydrogen-bond acceptors (Lipinski definition) is 1. The summed E-state index contributed by atoms with van der Waals surface area (Å²) >= 11 is 0. The predicted molar refractivity (Wildman–Crippen MR) is 112 cm³/mol. The van der Waals surface area contributed by atoms with Gasteiger partial charge < -0.3 is 0 Å². The number of pyridine rings is 1. The van der Waals surface area contributed by atoms with Gasteiger partial charge in [0.1, 0.15) is 0 Å². The van der Waals surface area contributed by atoms with Crippen LogP contribution in [-0.4, -0.2) is 4.98 Å². The minimum absolute atomic E-state index is 0.631. The van der Waals surface area contributed by atoms with Crippen LogP contribution in [0.15, 0.2) is 18.3 Å². The third-order valence-corrected chi connectivity index (χ3v) is 7.77. The van der Waals surface area contributed by atoms with Crippen LogP contribution in [0.25, 0.3) is 0 Å². The molecule has 146 valence electrons. The van der Waals surface area contributed by atoms with Gasteiger partial charge in [-0.2, -0.15) is 0 Å². The molecule has 0 N–H and O–H groups in total. The van der Waals surface area contributed by atoms with Crippen LogP contribution < -0.4 is 0 Å². The van der Waals surface area contributed by atoms with Gasteiger partial charge in [0.2, 0.25) is 0 Å². The van der Waals surface area contributed by atoms with Crippen LogP contribution in [0.2, 0.25) is 0 Å². The summed E-state index contributed by atoms with van der Waals surface area (Å²) in [7, 11) is 0. The van der Waals surface area contributed by atoms with E-state index in [1.165, 1.54) is 81.9 Å². The lowest BCUT2D eigenvalue weighted by Gasteiger charge is -2.39. The maximum Gasteiger partial charge on any atom is 0.0434 e. The molecule has 1 heterocycles. The number of aromatic nitrogens is 1. The minimum atomic E-state index is 0.631. The maximum absolute atomic E-state index is 4.77. The summed E-state index contributed by atoms with van der Waals surface area (Å²) < 4.78 is 0. The molecule has 0 saturated heterocycles. The highest BCUT2D eigenvalue weighted by molar-refractivity contribution is 5.17. The van der Waals surface area contributed by atoms with E-state index in [-0.39, 0.29) is 0 Å². The lowest BCUT2D eigenvalue weighted by molar-refractivity contribution is 0.136. The zero-order chi connectivity index (χ0) is 18.4. The molecule has 1 aromatic heterocycles. The molecule has 1 atom stereocenters. The van der Waals surface area contributed by atoms with Crippen molar-refractivity contribution in [3.63, 3.8) is 0 Å². The van der Waals surface area contributed by atoms with Gasteiger partial charge in [-0.3, -0.25) is 4.98 Å². The van der Waals surface area contributed by atoms with Gasteiger partial charge in [0, 0.05) is 17.8 Å². The summed E-state index contributed by atoms with van der Waals surface area (Å²) in [5, 5.41) is 0. The van der Waals surface area contributed by atoms with Gasteiger partial charge in [0.25, 0.3) is 0 Å². The number of rotatable bonds is 7. The largest absolute Gasteiger partial charge is 0.261 e. The van der Waals surface area contributed by atoms with Crippen LogP contribution >= 0.6 is 0 Å². The summed E-state index contributed by atoms with van der Waals surface area (Å²) in [5.41, 5.74) is 2.68. The van der Waals surface area contributed by atoms with Crippen molar-refractivity contribution >= 4 is 0 Å². The Labute approximate surface area is 162 Å². The van der Waals surface area contributed by atoms with E-state index in [0.29, 0.717) is 5.92 Å². The van der Waals surface area contributed by atoms with Crippen molar-refractivity contribution in [2.75, 3.05) is 0 Å². The summed E-state index contributed by atoms with van der Waals surface area (Å²) in [6.07, 6.45) is 19.4. The van der Waals surface area contributed by atoms with E-state index >= 15 is 0 Å². The first-order valence-corrected chi connectivity index (χ1v) is 11.7. The van der Waals surface area contributed by atoms with Crippen molar-refractivity contribution in [1.82, 2.24) is 4.98 Å². The lowest BCUT2D eigenvalue weighted by atomic mass is 9.67. The highest BCUT2D eigenvalue weighted by Gasteiger charge is 2.32. The fourth-order valence-corrected chi connectivity index (χ4v) is 5.71. The Hall–Kier alpha value is -0.850. The summed E-state index contributed by atoms with van der Waals surface area (Å²) in [6.45, 7) is 6.95. The summed E-state index contributed by atoms with van der Waals surface area (Å²) in [4.78, 5) is 4.77. The second-order valence-electron chi connectivity index (χ2n) is 9.33. The van der Waals surface area contributed by atoms with E-state index in [1.807, 2.05) is 0 Å². The van der Waals surface area contributed by atoms with Gasteiger partial charge in [0.15, 0.2) is 0 Å². The maximum atomic E-state index is 4.77. The molecule has 0 amide bonds. The Bertz CT molecular complexity index is 503. The van der Waals surface area contributed by atoms with Crippen molar-refractivity contribution in [3.05, 3.63) is 29.6 Å². The molecule has 2 fully saturated rings. The molecule has 0 radical (unpaired) electrons. The van der Waals surface area contributed by atoms with Gasteiger partial charge in [0.05, 0.1) is 0 Å². The van der Waals surface area contributed by atoms with Crippen LogP contribution in [0.3, 0.4) is 0 Å². The Morgan fingerprint density at radius 1 is 0.923 bits per heavy atom. The van der Waals surface area contributed by atoms with Crippen LogP contribution in [0.4, 0.5) is 0 Å². The molecule has 26 heavy (non-hydrogen) atoms. The fraction of sp³-hybridized carbons (Fsp3) is 0.800. The fourth-order valence-electron chi connectivity index (χ4n) is 5.71. The molecule has 1 unspecified atom stereocenters. The van der Waals surface area contributed by atoms with Crippen molar-refractivity contribution in [2.24, 2.45) is 23.7 Å². The van der Waals surface area contributed by atoms with Gasteiger partial charge in [-0.15, -0.1) is 0 Å². The van der Waals surface area contributed by atoms with Gasteiger partial charge in [-0.25, -0.2) is 0 Å². The minimum Gasteiger partial charge on any atom is -0.261 e. The van der Waals surface area contributed by atoms with Crippen molar-refractivity contribution in [3.8, 4) is 0 Å². The first kappa shape index (κ1) is 19.9. The van der Waals surface area contributed by atoms with E-state index in [0.717, 1.165) is 30.1 Å². The van der Waals surface area contributed by atoms with Crippen LogP contribution in [-0.2, 0) is 6.42 Å². The Morgan fingerprint density at radius 2 is 1.58 bits per heavy atom. The molecule has 1 aromatic rings. The summed E-state index contributed by atoms with van der Waals surface area (Å²) in [6, 6.07) is 4.56. The zero-order valence-corrected chi connectivity index (χ0v) is 17.6. The molecule has 1 heteroatoms. The SMILES string of the molecule is CCCC[C@H]1CC[C@H](C2CCC(C(C)c3ccc(CC)cn3)CC2)CC1. The zero-order valence-electron chi connectivity index (χ0n) is 17.6. The number of unbranched alkanes of at least 4 members (excludes halogenated alkanes) is 1. The second-order valence-corrected chi connectivity index (χ2v) is 9.33. The predicted octanol–water partition coefficient (Wildman–Crippen LogP) is 7.55. The molecule has 3 rings (SSSR count). The van der Waals surface area contributed by atoms with Crippen LogP contribution in [0, 0.1) is 23.7 Å². The number of nitrogens with zero attached hydrogens (tertiary/aromatic N) is 1. The molecule has 2 saturated carbocycles. The standard InChI is InChI=1S/C25H41N/c1-4-6-7-21-8-11-23(12-9-21)24-15-13-22(14-16-24)19(3)25-17-10-20(5-2)18-26-25/h10,17-19,21-24H,4-9,11-16H2,1-3H3/t19?,21-,22?,23-,24?. The normalized spacial score (nSPS) is 30.9. The first-order chi connectivity index (χ1) is 12.7. The van der Waals surface area contributed by atoms with Gasteiger partial charge in [-0.05, 0) is 80.2 Å². The molecule has 0 aromatic carbocycles. The Morgan fingerprint density at radius 3 is 2.12 bits per heavy atom. The molecule has 0 bridgehead atoms. The Kier molecular flexibility index (Phi) is 7.58. The highest BCUT2D eigenvalue weighted by Crippen LogP contribution is 2.44. The first-order valence-electron chi connectivity index (χ1n) is 11.7. The third-order valence-electron chi connectivity index (χ3n) is 7.77. The van der Waals surface area contributed by atoms with E-state index < -0.39 is 0 Å². The smallest absolute Gasteiger partial charge is 0.0434 e. The van der Waals surface area contributed by atoms with Crippen LogP contribution in [0.5, 0.6) is 0 Å². The molecule has 0 aliphatic heterocycles. The van der Waals surface area contributed by atoms with Gasteiger partial charge in [-0.1, -0.05) is 58.9 Å². The number of aryl methyl sites for hydroxylation is 1. The van der Waals surface area contributed by atoms with E-state index in [1.54, 1.807) is 0 Å². The van der Waals surface area contributed by atoms with E-state index in [9.17, 15) is 0 Å². The second kappa shape index (κ2) is 9.90. The molecule has 2 aliphatic rings.